The van der Waals surface area contributed by atoms with Gasteiger partial charge in [0.05, 0.1) is 12.5 Å². The smallest absolute Gasteiger partial charge is 0.323 e. The molecular formula is C14H18N2O3. The van der Waals surface area contributed by atoms with Gasteiger partial charge in [0.1, 0.15) is 12.4 Å². The van der Waals surface area contributed by atoms with E-state index in [4.69, 9.17) is 5.11 Å². The summed E-state index contributed by atoms with van der Waals surface area (Å²) >= 11 is 0. The van der Waals surface area contributed by atoms with Crippen molar-refractivity contribution in [1.29, 1.82) is 0 Å². The highest BCUT2D eigenvalue weighted by Gasteiger charge is 2.29. The van der Waals surface area contributed by atoms with Crippen molar-refractivity contribution in [2.24, 2.45) is 4.99 Å². The van der Waals surface area contributed by atoms with Gasteiger partial charge in [-0.3, -0.25) is 19.5 Å². The van der Waals surface area contributed by atoms with Gasteiger partial charge in [0.2, 0.25) is 5.91 Å². The third kappa shape index (κ3) is 3.10. The minimum absolute atomic E-state index is 0.123. The zero-order valence-electron chi connectivity index (χ0n) is 11.2. The largest absolute Gasteiger partial charge is 0.480 e. The van der Waals surface area contributed by atoms with E-state index < -0.39 is 5.97 Å². The van der Waals surface area contributed by atoms with Crippen LogP contribution in [0.1, 0.15) is 33.1 Å². The third-order valence-corrected chi connectivity index (χ3v) is 3.51. The highest BCUT2D eigenvalue weighted by atomic mass is 16.4. The first kappa shape index (κ1) is 13.5. The molecule has 0 aromatic heterocycles. The summed E-state index contributed by atoms with van der Waals surface area (Å²) in [5.74, 6) is -0.681. The number of carboxylic acids is 1. The van der Waals surface area contributed by atoms with Gasteiger partial charge in [-0.25, -0.2) is 0 Å². The number of amides is 1. The Morgan fingerprint density at radius 2 is 2.16 bits per heavy atom. The van der Waals surface area contributed by atoms with Crippen molar-refractivity contribution in [1.82, 2.24) is 4.90 Å². The topological polar surface area (TPSA) is 70.0 Å². The quantitative estimate of drug-likeness (QED) is 0.842. The molecule has 1 aliphatic heterocycles. The van der Waals surface area contributed by atoms with Gasteiger partial charge in [-0.05, 0) is 32.3 Å². The van der Waals surface area contributed by atoms with E-state index in [9.17, 15) is 9.59 Å². The van der Waals surface area contributed by atoms with Crippen molar-refractivity contribution in [3.8, 4) is 0 Å². The van der Waals surface area contributed by atoms with E-state index in [1.54, 1.807) is 6.92 Å². The molecule has 2 rings (SSSR count). The zero-order valence-corrected chi connectivity index (χ0v) is 11.2. The molecule has 1 heterocycles. The summed E-state index contributed by atoms with van der Waals surface area (Å²) in [5, 5.41) is 8.78. The highest BCUT2D eigenvalue weighted by Crippen LogP contribution is 2.26. The van der Waals surface area contributed by atoms with Crippen molar-refractivity contribution < 1.29 is 14.7 Å². The molecule has 5 nitrogen and oxygen atoms in total. The van der Waals surface area contributed by atoms with Crippen LogP contribution in [0.25, 0.3) is 0 Å². The fourth-order valence-electron chi connectivity index (χ4n) is 2.38. The van der Waals surface area contributed by atoms with E-state index >= 15 is 0 Å². The molecule has 0 saturated heterocycles. The third-order valence-electron chi connectivity index (χ3n) is 3.51. The van der Waals surface area contributed by atoms with E-state index in [1.807, 2.05) is 6.08 Å². The van der Waals surface area contributed by atoms with Crippen LogP contribution in [0.3, 0.4) is 0 Å². The van der Waals surface area contributed by atoms with Crippen LogP contribution in [0.5, 0.6) is 0 Å². The number of aliphatic carboxylic acids is 1. The molecule has 1 N–H and O–H groups in total. The van der Waals surface area contributed by atoms with Crippen LogP contribution in [-0.4, -0.2) is 40.3 Å². The first-order valence-electron chi connectivity index (χ1n) is 6.40. The van der Waals surface area contributed by atoms with Crippen LogP contribution >= 0.6 is 0 Å². The molecule has 0 aromatic carbocycles. The number of amidine groups is 1. The lowest BCUT2D eigenvalue weighted by Crippen LogP contribution is -2.44. The first-order chi connectivity index (χ1) is 8.97. The Labute approximate surface area is 112 Å². The number of carbonyl (C=O) groups excluding carboxylic acids is 1. The molecule has 2 aliphatic rings. The van der Waals surface area contributed by atoms with Crippen LogP contribution in [0.2, 0.25) is 0 Å². The lowest BCUT2D eigenvalue weighted by Gasteiger charge is -2.30. The molecule has 0 fully saturated rings. The number of nitrogens with zero attached hydrogens (tertiary/aromatic N) is 2. The molecular weight excluding hydrogens is 244 g/mol. The lowest BCUT2D eigenvalue weighted by atomic mass is 9.92. The van der Waals surface area contributed by atoms with Gasteiger partial charge >= 0.3 is 5.97 Å². The second-order valence-corrected chi connectivity index (χ2v) is 5.02. The van der Waals surface area contributed by atoms with E-state index in [-0.39, 0.29) is 24.9 Å². The fraction of sp³-hybridized carbons (Fsp3) is 0.500. The van der Waals surface area contributed by atoms with Crippen LogP contribution in [0.4, 0.5) is 0 Å². The number of carbonyl (C=O) groups is 2. The molecule has 5 heteroatoms. The van der Waals surface area contributed by atoms with Gasteiger partial charge < -0.3 is 5.11 Å². The van der Waals surface area contributed by atoms with E-state index in [1.165, 1.54) is 10.5 Å². The number of rotatable bonds is 3. The maximum atomic E-state index is 12.0. The number of hydrogen-bond donors (Lipinski definition) is 1. The molecule has 0 bridgehead atoms. The fourth-order valence-corrected chi connectivity index (χ4v) is 2.38. The Bertz CT molecular complexity index is 503. The van der Waals surface area contributed by atoms with Gasteiger partial charge in [-0.2, -0.15) is 0 Å². The van der Waals surface area contributed by atoms with Crippen molar-refractivity contribution in [2.45, 2.75) is 39.2 Å². The summed E-state index contributed by atoms with van der Waals surface area (Å²) in [5.41, 5.74) is 2.49. The summed E-state index contributed by atoms with van der Waals surface area (Å²) < 4.78 is 0. The first-order valence-corrected chi connectivity index (χ1v) is 6.40. The predicted octanol–water partition coefficient (Wildman–Crippen LogP) is 1.76. The molecule has 0 radical (unpaired) electrons. The Balaban J connectivity index is 2.17. The normalized spacial score (nSPS) is 23.7. The number of carboxylic acid groups (broad SMARTS) is 1. The van der Waals surface area contributed by atoms with Crippen LogP contribution in [-0.2, 0) is 9.59 Å². The van der Waals surface area contributed by atoms with Crippen molar-refractivity contribution >= 4 is 17.7 Å². The van der Waals surface area contributed by atoms with Gasteiger partial charge in [-0.15, -0.1) is 0 Å². The second-order valence-electron chi connectivity index (χ2n) is 5.02. The summed E-state index contributed by atoms with van der Waals surface area (Å²) in [7, 11) is 0. The standard InChI is InChI=1S/C14H18N2O3/c1-9-3-5-11(6-4-9)12-7-13(17)16(8-14(18)19)10(2)15-12/h3,5,12H,4,6-8H2,1-2H3,(H,18,19). The predicted molar refractivity (Wildman–Crippen MR) is 71.9 cm³/mol. The average molecular weight is 262 g/mol. The number of hydrogen-bond acceptors (Lipinski definition) is 3. The summed E-state index contributed by atoms with van der Waals surface area (Å²) in [6, 6.07) is -0.123. The molecule has 102 valence electrons. The molecule has 1 unspecified atom stereocenters. The zero-order chi connectivity index (χ0) is 14.0. The van der Waals surface area contributed by atoms with Crippen LogP contribution < -0.4 is 0 Å². The molecule has 0 aromatic rings. The molecule has 1 atom stereocenters. The van der Waals surface area contributed by atoms with Gasteiger partial charge in [0, 0.05) is 0 Å². The molecule has 19 heavy (non-hydrogen) atoms. The van der Waals surface area contributed by atoms with Crippen LogP contribution in [0.15, 0.2) is 28.3 Å². The minimum Gasteiger partial charge on any atom is -0.480 e. The highest BCUT2D eigenvalue weighted by molar-refractivity contribution is 6.01. The summed E-state index contributed by atoms with van der Waals surface area (Å²) in [6.45, 7) is 3.47. The Kier molecular flexibility index (Phi) is 3.83. The van der Waals surface area contributed by atoms with E-state index in [2.05, 4.69) is 18.0 Å². The SMILES string of the molecule is CC1=CC=C(C2CC(=O)N(CC(=O)O)C(C)=N2)CC1. The molecule has 1 amide bonds. The maximum Gasteiger partial charge on any atom is 0.323 e. The molecule has 1 aliphatic carbocycles. The lowest BCUT2D eigenvalue weighted by molar-refractivity contribution is -0.142. The number of aliphatic imine (C=N–C) groups is 1. The minimum atomic E-state index is -1.02. The van der Waals surface area contributed by atoms with Crippen LogP contribution in [0, 0.1) is 0 Å². The van der Waals surface area contributed by atoms with E-state index in [0.717, 1.165) is 18.4 Å². The Morgan fingerprint density at radius 1 is 1.42 bits per heavy atom. The summed E-state index contributed by atoms with van der Waals surface area (Å²) in [6.07, 6.45) is 6.31. The van der Waals surface area contributed by atoms with Gasteiger partial charge in [0.15, 0.2) is 0 Å². The Hall–Kier alpha value is -1.91. The maximum absolute atomic E-state index is 12.0. The monoisotopic (exact) mass is 262 g/mol. The average Bonchev–Trinajstić information content (AvgIpc) is 2.34. The second kappa shape index (κ2) is 5.38. The summed E-state index contributed by atoms with van der Waals surface area (Å²) in [4.78, 5) is 28.4. The van der Waals surface area contributed by atoms with Crippen molar-refractivity contribution in [3.63, 3.8) is 0 Å². The van der Waals surface area contributed by atoms with Crippen molar-refractivity contribution in [2.75, 3.05) is 6.54 Å². The van der Waals surface area contributed by atoms with Gasteiger partial charge in [-0.1, -0.05) is 17.7 Å². The Morgan fingerprint density at radius 3 is 2.68 bits per heavy atom. The molecule has 0 saturated carbocycles. The molecule has 0 spiro atoms. The van der Waals surface area contributed by atoms with Gasteiger partial charge in [0.25, 0.3) is 0 Å². The number of allylic oxidation sites excluding steroid dienone is 3. The van der Waals surface area contributed by atoms with Crippen molar-refractivity contribution in [3.05, 3.63) is 23.3 Å². The van der Waals surface area contributed by atoms with E-state index in [0.29, 0.717) is 5.84 Å².